The Morgan fingerprint density at radius 1 is 1.53 bits per heavy atom. The fourth-order valence-corrected chi connectivity index (χ4v) is 1.45. The summed E-state index contributed by atoms with van der Waals surface area (Å²) in [4.78, 5) is 21.9. The predicted molar refractivity (Wildman–Crippen MR) is 70.8 cm³/mol. The van der Waals surface area contributed by atoms with Crippen molar-refractivity contribution < 1.29 is 14.8 Å². The molecule has 1 aromatic carbocycles. The number of nitrogens with zero attached hydrogens (tertiary/aromatic N) is 1. The molecular weight excluding hydrogens is 250 g/mol. The van der Waals surface area contributed by atoms with Gasteiger partial charge in [0.2, 0.25) is 5.91 Å². The number of nitrogens with two attached hydrogens (primary N) is 1. The number of nitro benzene ring substituents is 1. The molecule has 1 amide bonds. The average Bonchev–Trinajstić information content (AvgIpc) is 2.31. The molecule has 0 radical (unpaired) electrons. The largest absolute Gasteiger partial charge is 0.505 e. The van der Waals surface area contributed by atoms with Gasteiger partial charge in [0.25, 0.3) is 5.69 Å². The Balaban J connectivity index is 2.88. The summed E-state index contributed by atoms with van der Waals surface area (Å²) >= 11 is 0. The second-order valence-corrected chi connectivity index (χ2v) is 4.59. The number of benzene rings is 1. The summed E-state index contributed by atoms with van der Waals surface area (Å²) in [6.45, 7) is 3.75. The molecule has 1 aromatic rings. The van der Waals surface area contributed by atoms with E-state index >= 15 is 0 Å². The van der Waals surface area contributed by atoms with Crippen molar-refractivity contribution in [3.05, 3.63) is 28.3 Å². The molecule has 104 valence electrons. The summed E-state index contributed by atoms with van der Waals surface area (Å²) in [5, 5.41) is 22.7. The number of nitrogens with one attached hydrogen (secondary N) is 1. The molecule has 7 nitrogen and oxygen atoms in total. The number of phenolic OH excluding ortho intramolecular Hbond substituents is 1. The van der Waals surface area contributed by atoms with Crippen LogP contribution in [0.25, 0.3) is 0 Å². The second kappa shape index (κ2) is 6.14. The SMILES string of the molecule is CC(C)C(N)CC(=O)Nc1c(O)cccc1[N+](=O)[O-]. The number of hydrogen-bond acceptors (Lipinski definition) is 5. The van der Waals surface area contributed by atoms with Crippen LogP contribution in [-0.2, 0) is 4.79 Å². The fraction of sp³-hybridized carbons (Fsp3) is 0.417. The van der Waals surface area contributed by atoms with E-state index in [1.165, 1.54) is 18.2 Å². The minimum atomic E-state index is -0.669. The number of carbonyl (C=O) groups is 1. The molecule has 0 aliphatic carbocycles. The number of anilines is 1. The Bertz CT molecular complexity index is 488. The number of nitro groups is 1. The Morgan fingerprint density at radius 3 is 2.68 bits per heavy atom. The molecule has 0 bridgehead atoms. The lowest BCUT2D eigenvalue weighted by atomic mass is 10.0. The van der Waals surface area contributed by atoms with Crippen LogP contribution >= 0.6 is 0 Å². The molecule has 0 fully saturated rings. The molecular formula is C12H17N3O4. The monoisotopic (exact) mass is 267 g/mol. The maximum absolute atomic E-state index is 11.7. The van der Waals surface area contributed by atoms with Gasteiger partial charge in [-0.1, -0.05) is 19.9 Å². The third kappa shape index (κ3) is 3.92. The van der Waals surface area contributed by atoms with E-state index in [1.807, 2.05) is 13.8 Å². The third-order valence-electron chi connectivity index (χ3n) is 2.76. The summed E-state index contributed by atoms with van der Waals surface area (Å²) in [7, 11) is 0. The van der Waals surface area contributed by atoms with E-state index in [0.717, 1.165) is 0 Å². The summed E-state index contributed by atoms with van der Waals surface area (Å²) < 4.78 is 0. The Morgan fingerprint density at radius 2 is 2.16 bits per heavy atom. The zero-order chi connectivity index (χ0) is 14.6. The number of rotatable bonds is 5. The highest BCUT2D eigenvalue weighted by molar-refractivity contribution is 5.95. The van der Waals surface area contributed by atoms with Crippen LogP contribution in [-0.4, -0.2) is 22.0 Å². The molecule has 0 saturated carbocycles. The van der Waals surface area contributed by atoms with Gasteiger partial charge in [-0.2, -0.15) is 0 Å². The van der Waals surface area contributed by atoms with Crippen molar-refractivity contribution in [2.24, 2.45) is 11.7 Å². The first kappa shape index (κ1) is 14.9. The van der Waals surface area contributed by atoms with Crippen LogP contribution in [0.3, 0.4) is 0 Å². The standard InChI is InChI=1S/C12H17N3O4/c1-7(2)8(13)6-11(17)14-12-9(15(18)19)4-3-5-10(12)16/h3-5,7-8,16H,6,13H2,1-2H3,(H,14,17). The summed E-state index contributed by atoms with van der Waals surface area (Å²) in [5.74, 6) is -0.698. The molecule has 0 saturated heterocycles. The Hall–Kier alpha value is -2.15. The van der Waals surface area contributed by atoms with Crippen LogP contribution < -0.4 is 11.1 Å². The first-order valence-electron chi connectivity index (χ1n) is 5.84. The van der Waals surface area contributed by atoms with Crippen molar-refractivity contribution in [1.29, 1.82) is 0 Å². The van der Waals surface area contributed by atoms with E-state index in [1.54, 1.807) is 0 Å². The van der Waals surface area contributed by atoms with Crippen molar-refractivity contribution in [3.63, 3.8) is 0 Å². The number of phenols is 1. The van der Waals surface area contributed by atoms with E-state index in [9.17, 15) is 20.0 Å². The van der Waals surface area contributed by atoms with Crippen molar-refractivity contribution in [1.82, 2.24) is 0 Å². The highest BCUT2D eigenvalue weighted by atomic mass is 16.6. The van der Waals surface area contributed by atoms with E-state index in [2.05, 4.69) is 5.32 Å². The molecule has 0 aliphatic heterocycles. The van der Waals surface area contributed by atoms with Gasteiger partial charge in [-0.05, 0) is 12.0 Å². The predicted octanol–water partition coefficient (Wildman–Crippen LogP) is 1.61. The van der Waals surface area contributed by atoms with Gasteiger partial charge in [-0.15, -0.1) is 0 Å². The number of carbonyl (C=O) groups excluding carboxylic acids is 1. The number of para-hydroxylation sites is 1. The molecule has 7 heteroatoms. The molecule has 4 N–H and O–H groups in total. The summed E-state index contributed by atoms with van der Waals surface area (Å²) in [6, 6.07) is 3.47. The van der Waals surface area contributed by atoms with Crippen molar-refractivity contribution in [2.45, 2.75) is 26.3 Å². The Kier molecular flexibility index (Phi) is 4.82. The van der Waals surface area contributed by atoms with E-state index in [-0.39, 0.29) is 35.5 Å². The quantitative estimate of drug-likeness (QED) is 0.425. The van der Waals surface area contributed by atoms with E-state index < -0.39 is 10.8 Å². The first-order valence-corrected chi connectivity index (χ1v) is 5.84. The third-order valence-corrected chi connectivity index (χ3v) is 2.76. The Labute approximate surface area is 110 Å². The van der Waals surface area contributed by atoms with Gasteiger partial charge in [0, 0.05) is 18.5 Å². The van der Waals surface area contributed by atoms with Crippen molar-refractivity contribution >= 4 is 17.3 Å². The zero-order valence-electron chi connectivity index (χ0n) is 10.8. The normalized spacial score (nSPS) is 12.2. The van der Waals surface area contributed by atoms with Crippen LogP contribution in [0.15, 0.2) is 18.2 Å². The average molecular weight is 267 g/mol. The van der Waals surface area contributed by atoms with Gasteiger partial charge in [0.05, 0.1) is 4.92 Å². The van der Waals surface area contributed by atoms with E-state index in [4.69, 9.17) is 5.73 Å². The van der Waals surface area contributed by atoms with Crippen LogP contribution in [0.2, 0.25) is 0 Å². The lowest BCUT2D eigenvalue weighted by Gasteiger charge is -2.15. The maximum atomic E-state index is 11.7. The van der Waals surface area contributed by atoms with Crippen LogP contribution in [0.1, 0.15) is 20.3 Å². The molecule has 1 atom stereocenters. The molecule has 1 unspecified atom stereocenters. The number of aromatic hydroxyl groups is 1. The molecule has 0 aromatic heterocycles. The van der Waals surface area contributed by atoms with E-state index in [0.29, 0.717) is 0 Å². The maximum Gasteiger partial charge on any atom is 0.296 e. The van der Waals surface area contributed by atoms with Gasteiger partial charge in [-0.25, -0.2) is 0 Å². The minimum Gasteiger partial charge on any atom is -0.505 e. The number of amides is 1. The zero-order valence-corrected chi connectivity index (χ0v) is 10.8. The first-order chi connectivity index (χ1) is 8.82. The molecule has 0 aliphatic rings. The highest BCUT2D eigenvalue weighted by Crippen LogP contribution is 2.33. The summed E-state index contributed by atoms with van der Waals surface area (Å²) in [6.07, 6.45) is 0.0309. The van der Waals surface area contributed by atoms with Crippen LogP contribution in [0, 0.1) is 16.0 Å². The van der Waals surface area contributed by atoms with Crippen LogP contribution in [0.4, 0.5) is 11.4 Å². The molecule has 0 heterocycles. The minimum absolute atomic E-state index is 0.0309. The summed E-state index contributed by atoms with van der Waals surface area (Å²) in [5.41, 5.74) is 5.19. The second-order valence-electron chi connectivity index (χ2n) is 4.59. The highest BCUT2D eigenvalue weighted by Gasteiger charge is 2.21. The lowest BCUT2D eigenvalue weighted by molar-refractivity contribution is -0.384. The van der Waals surface area contributed by atoms with Gasteiger partial charge in [-0.3, -0.25) is 14.9 Å². The van der Waals surface area contributed by atoms with Gasteiger partial charge in [0.15, 0.2) is 5.69 Å². The lowest BCUT2D eigenvalue weighted by Crippen LogP contribution is -2.31. The fourth-order valence-electron chi connectivity index (χ4n) is 1.45. The molecule has 1 rings (SSSR count). The van der Waals surface area contributed by atoms with Gasteiger partial charge >= 0.3 is 0 Å². The molecule has 0 spiro atoms. The van der Waals surface area contributed by atoms with Crippen molar-refractivity contribution in [3.8, 4) is 5.75 Å². The van der Waals surface area contributed by atoms with Gasteiger partial charge in [0.1, 0.15) is 5.75 Å². The molecule has 19 heavy (non-hydrogen) atoms. The van der Waals surface area contributed by atoms with Gasteiger partial charge < -0.3 is 16.2 Å². The van der Waals surface area contributed by atoms with Crippen molar-refractivity contribution in [2.75, 3.05) is 5.32 Å². The number of hydrogen-bond donors (Lipinski definition) is 3. The smallest absolute Gasteiger partial charge is 0.296 e. The van der Waals surface area contributed by atoms with Crippen LogP contribution in [0.5, 0.6) is 5.75 Å². The topological polar surface area (TPSA) is 118 Å².